The number of benzene rings is 1. The van der Waals surface area contributed by atoms with E-state index >= 15 is 0 Å². The van der Waals surface area contributed by atoms with E-state index in [-0.39, 0.29) is 18.6 Å². The first kappa shape index (κ1) is 26.1. The van der Waals surface area contributed by atoms with Crippen molar-refractivity contribution in [2.75, 3.05) is 18.5 Å². The molecule has 0 spiro atoms. The van der Waals surface area contributed by atoms with Gasteiger partial charge < -0.3 is 21.5 Å². The molecule has 1 aromatic carbocycles. The van der Waals surface area contributed by atoms with Gasteiger partial charge in [-0.05, 0) is 44.4 Å². The van der Waals surface area contributed by atoms with Gasteiger partial charge in [-0.2, -0.15) is 0 Å². The Morgan fingerprint density at radius 3 is 2.47 bits per heavy atom. The number of aromatic nitrogens is 1. The van der Waals surface area contributed by atoms with Crippen LogP contribution in [-0.4, -0.2) is 41.2 Å². The van der Waals surface area contributed by atoms with E-state index in [0.29, 0.717) is 24.0 Å². The number of hydrogen-bond acceptors (Lipinski definition) is 5. The van der Waals surface area contributed by atoms with Crippen LogP contribution in [0.1, 0.15) is 81.6 Å². The largest absolute Gasteiger partial charge is 0.396 e. The molecule has 1 aliphatic carbocycles. The molecule has 1 aromatic heterocycles. The summed E-state index contributed by atoms with van der Waals surface area (Å²) in [5.41, 5.74) is 7.92. The van der Waals surface area contributed by atoms with Gasteiger partial charge in [-0.15, -0.1) is 0 Å². The minimum absolute atomic E-state index is 0.0261. The highest BCUT2D eigenvalue weighted by Gasteiger charge is 2.24. The molecule has 2 unspecified atom stereocenters. The van der Waals surface area contributed by atoms with Gasteiger partial charge >= 0.3 is 0 Å². The summed E-state index contributed by atoms with van der Waals surface area (Å²) in [6.07, 6.45) is 8.48. The smallest absolute Gasteiger partial charge is 0.252 e. The Bertz CT molecular complexity index is 849. The molecule has 2 aromatic rings. The number of aryl methyl sites for hydroxylation is 1. The molecule has 1 heterocycles. The average molecular weight is 443 g/mol. The van der Waals surface area contributed by atoms with E-state index in [9.17, 15) is 9.90 Å². The maximum Gasteiger partial charge on any atom is 0.252 e. The highest BCUT2D eigenvalue weighted by Crippen LogP contribution is 2.23. The second-order valence-corrected chi connectivity index (χ2v) is 8.99. The van der Waals surface area contributed by atoms with Crippen LogP contribution in [0.2, 0.25) is 0 Å². The zero-order chi connectivity index (χ0) is 23.5. The number of anilines is 1. The van der Waals surface area contributed by atoms with Crippen molar-refractivity contribution in [1.82, 2.24) is 10.3 Å². The Morgan fingerprint density at radius 1 is 1.19 bits per heavy atom. The lowest BCUT2D eigenvalue weighted by atomic mass is 9.91. The molecule has 1 aliphatic rings. The number of nitrogens with one attached hydrogen (secondary N) is 2. The van der Waals surface area contributed by atoms with Crippen molar-refractivity contribution < 1.29 is 9.90 Å². The van der Waals surface area contributed by atoms with Gasteiger partial charge in [-0.3, -0.25) is 4.79 Å². The number of aliphatic hydroxyl groups excluding tert-OH is 1. The van der Waals surface area contributed by atoms with Crippen LogP contribution in [-0.2, 0) is 0 Å². The van der Waals surface area contributed by atoms with Gasteiger partial charge in [0.25, 0.3) is 5.91 Å². The van der Waals surface area contributed by atoms with Crippen molar-refractivity contribution in [2.24, 2.45) is 11.7 Å². The van der Waals surface area contributed by atoms with Gasteiger partial charge in [-0.25, -0.2) is 4.98 Å². The predicted octanol–water partition coefficient (Wildman–Crippen LogP) is 4.78. The van der Waals surface area contributed by atoms with E-state index in [1.54, 1.807) is 6.07 Å². The summed E-state index contributed by atoms with van der Waals surface area (Å²) in [6, 6.07) is 8.49. The van der Waals surface area contributed by atoms with Gasteiger partial charge in [0, 0.05) is 36.5 Å². The fourth-order valence-electron chi connectivity index (χ4n) is 4.34. The zero-order valence-electron chi connectivity index (χ0n) is 20.3. The number of hydrogen-bond donors (Lipinski definition) is 4. The molecule has 1 saturated carbocycles. The highest BCUT2D eigenvalue weighted by molar-refractivity contribution is 6.01. The van der Waals surface area contributed by atoms with Crippen molar-refractivity contribution in [3.05, 3.63) is 35.4 Å². The fourth-order valence-corrected chi connectivity index (χ4v) is 4.34. The molecule has 32 heavy (non-hydrogen) atoms. The van der Waals surface area contributed by atoms with E-state index in [1.165, 1.54) is 38.5 Å². The Balaban J connectivity index is 0.00000114. The first-order valence-corrected chi connectivity index (χ1v) is 12.2. The normalized spacial score (nSPS) is 16.2. The number of aliphatic hydroxyl groups is 1. The molecular weight excluding hydrogens is 400 g/mol. The Kier molecular flexibility index (Phi) is 10.9. The monoisotopic (exact) mass is 442 g/mol. The Morgan fingerprint density at radius 2 is 1.88 bits per heavy atom. The van der Waals surface area contributed by atoms with Crippen molar-refractivity contribution in [3.8, 4) is 0 Å². The van der Waals surface area contributed by atoms with Crippen LogP contribution in [0.4, 0.5) is 5.82 Å². The summed E-state index contributed by atoms with van der Waals surface area (Å²) in [5, 5.41) is 18.0. The SMILES string of the molecule is CCC.CCC(NC1CCCCC1)C(CO)CNc1nc2ccc(C)cc2cc1C(N)=O. The van der Waals surface area contributed by atoms with Crippen LogP contribution in [0.3, 0.4) is 0 Å². The van der Waals surface area contributed by atoms with Crippen LogP contribution in [0.15, 0.2) is 24.3 Å². The molecule has 2 atom stereocenters. The molecule has 1 fully saturated rings. The summed E-state index contributed by atoms with van der Waals surface area (Å²) in [7, 11) is 0. The standard InChI is InChI=1S/C23H34N4O2.C3H8/c1-3-20(26-18-7-5-4-6-8-18)17(14-28)13-25-23-19(22(24)29)12-16-11-15(2)9-10-21(16)27-23;1-3-2/h9-12,17-18,20,26,28H,3-8,13-14H2,1-2H3,(H2,24,29)(H,25,27);3H2,1-2H3. The number of nitrogens with two attached hydrogens (primary N) is 1. The lowest BCUT2D eigenvalue weighted by molar-refractivity contribution is 0.100. The number of rotatable bonds is 9. The number of primary amides is 1. The third kappa shape index (κ3) is 7.45. The van der Waals surface area contributed by atoms with E-state index in [1.807, 2.05) is 25.1 Å². The summed E-state index contributed by atoms with van der Waals surface area (Å²) >= 11 is 0. The molecule has 3 rings (SSSR count). The van der Waals surface area contributed by atoms with Crippen molar-refractivity contribution in [2.45, 2.75) is 84.7 Å². The van der Waals surface area contributed by atoms with Gasteiger partial charge in [0.1, 0.15) is 5.82 Å². The highest BCUT2D eigenvalue weighted by atomic mass is 16.3. The maximum absolute atomic E-state index is 12.0. The number of pyridine rings is 1. The first-order chi connectivity index (χ1) is 15.4. The fraction of sp³-hybridized carbons (Fsp3) is 0.615. The molecule has 6 nitrogen and oxygen atoms in total. The third-order valence-corrected chi connectivity index (χ3v) is 6.07. The topological polar surface area (TPSA) is 100 Å². The van der Waals surface area contributed by atoms with Crippen molar-refractivity contribution in [1.29, 1.82) is 0 Å². The number of nitrogens with zero attached hydrogens (tertiary/aromatic N) is 1. The number of carbonyl (C=O) groups is 1. The van der Waals surface area contributed by atoms with Gasteiger partial charge in [-0.1, -0.05) is 58.1 Å². The van der Waals surface area contributed by atoms with Crippen molar-refractivity contribution in [3.63, 3.8) is 0 Å². The van der Waals surface area contributed by atoms with Crippen LogP contribution in [0, 0.1) is 12.8 Å². The lowest BCUT2D eigenvalue weighted by Crippen LogP contribution is -2.46. The van der Waals surface area contributed by atoms with Gasteiger partial charge in [0.05, 0.1) is 11.1 Å². The molecule has 1 amide bonds. The molecule has 0 bridgehead atoms. The number of amides is 1. The molecule has 5 N–H and O–H groups in total. The second kappa shape index (κ2) is 13.4. The molecule has 0 radical (unpaired) electrons. The molecule has 6 heteroatoms. The molecule has 178 valence electrons. The van der Waals surface area contributed by atoms with E-state index in [4.69, 9.17) is 5.73 Å². The Hall–Kier alpha value is -2.18. The summed E-state index contributed by atoms with van der Waals surface area (Å²) in [5.74, 6) is 0.00863. The number of fused-ring (bicyclic) bond motifs is 1. The van der Waals surface area contributed by atoms with Crippen LogP contribution in [0.5, 0.6) is 0 Å². The number of carbonyl (C=O) groups excluding carboxylic acids is 1. The quantitative estimate of drug-likeness (QED) is 0.448. The zero-order valence-corrected chi connectivity index (χ0v) is 20.3. The molecule has 0 aliphatic heterocycles. The summed E-state index contributed by atoms with van der Waals surface area (Å²) in [4.78, 5) is 16.6. The summed E-state index contributed by atoms with van der Waals surface area (Å²) in [6.45, 7) is 9.00. The minimum atomic E-state index is -0.503. The van der Waals surface area contributed by atoms with Crippen molar-refractivity contribution >= 4 is 22.6 Å². The minimum Gasteiger partial charge on any atom is -0.396 e. The van der Waals surface area contributed by atoms with E-state index in [2.05, 4.69) is 36.4 Å². The third-order valence-electron chi connectivity index (χ3n) is 6.07. The van der Waals surface area contributed by atoms with E-state index < -0.39 is 5.91 Å². The van der Waals surface area contributed by atoms with Gasteiger partial charge in [0.15, 0.2) is 0 Å². The molecule has 0 saturated heterocycles. The average Bonchev–Trinajstić information content (AvgIpc) is 2.79. The van der Waals surface area contributed by atoms with Crippen LogP contribution >= 0.6 is 0 Å². The van der Waals surface area contributed by atoms with Crippen LogP contribution < -0.4 is 16.4 Å². The van der Waals surface area contributed by atoms with Gasteiger partial charge in [0.2, 0.25) is 0 Å². The van der Waals surface area contributed by atoms with Crippen LogP contribution in [0.25, 0.3) is 10.9 Å². The summed E-state index contributed by atoms with van der Waals surface area (Å²) < 4.78 is 0. The predicted molar refractivity (Wildman–Crippen MR) is 134 cm³/mol. The first-order valence-electron chi connectivity index (χ1n) is 12.2. The maximum atomic E-state index is 12.0. The van der Waals surface area contributed by atoms with E-state index in [0.717, 1.165) is 22.9 Å². The molecular formula is C26H42N4O2. The Labute approximate surface area is 193 Å². The lowest BCUT2D eigenvalue weighted by Gasteiger charge is -2.32. The second-order valence-electron chi connectivity index (χ2n) is 8.99.